The highest BCUT2D eigenvalue weighted by Gasteiger charge is 2.43. The summed E-state index contributed by atoms with van der Waals surface area (Å²) in [6.07, 6.45) is 0.684. The molecule has 1 heterocycles. The molecule has 0 radical (unpaired) electrons. The zero-order chi connectivity index (χ0) is 15.3. The Labute approximate surface area is 129 Å². The van der Waals surface area contributed by atoms with Crippen LogP contribution in [-0.2, 0) is 16.0 Å². The number of nitrogens with one attached hydrogen (secondary N) is 3. The van der Waals surface area contributed by atoms with Crippen LogP contribution in [0, 0.1) is 5.41 Å². The molecule has 114 valence electrons. The van der Waals surface area contributed by atoms with E-state index in [2.05, 4.69) is 16.0 Å². The number of benzene rings is 1. The molecule has 0 unspecified atom stereocenters. The van der Waals surface area contributed by atoms with Gasteiger partial charge in [0.2, 0.25) is 11.8 Å². The monoisotopic (exact) mass is 309 g/mol. The Hall–Kier alpha value is -1.59. The van der Waals surface area contributed by atoms with Crippen molar-refractivity contribution in [3.05, 3.63) is 34.9 Å². The van der Waals surface area contributed by atoms with E-state index in [4.69, 9.17) is 11.6 Å². The van der Waals surface area contributed by atoms with Gasteiger partial charge in [0, 0.05) is 38.1 Å². The standard InChI is InChI=1S/C15H20ClN3O2/c1-11(20)18-6-7-19-14(21)15(9-17-10-15)8-12-2-4-13(16)5-3-12/h2-5,17H,6-10H2,1H3,(H,18,20)(H,19,21). The first-order chi connectivity index (χ1) is 10.0. The van der Waals surface area contributed by atoms with E-state index in [0.29, 0.717) is 37.6 Å². The van der Waals surface area contributed by atoms with Crippen molar-refractivity contribution in [2.24, 2.45) is 5.41 Å². The van der Waals surface area contributed by atoms with Gasteiger partial charge in [-0.05, 0) is 24.1 Å². The van der Waals surface area contributed by atoms with E-state index >= 15 is 0 Å². The third-order valence-electron chi connectivity index (χ3n) is 3.65. The van der Waals surface area contributed by atoms with Crippen molar-refractivity contribution in [3.8, 4) is 0 Å². The van der Waals surface area contributed by atoms with Crippen LogP contribution in [0.5, 0.6) is 0 Å². The molecule has 1 aromatic rings. The maximum Gasteiger partial charge on any atom is 0.229 e. The number of amides is 2. The Bertz CT molecular complexity index is 512. The fourth-order valence-corrected chi connectivity index (χ4v) is 2.51. The lowest BCUT2D eigenvalue weighted by Gasteiger charge is -2.41. The Morgan fingerprint density at radius 1 is 1.19 bits per heavy atom. The molecule has 1 fully saturated rings. The summed E-state index contributed by atoms with van der Waals surface area (Å²) >= 11 is 5.88. The van der Waals surface area contributed by atoms with Crippen LogP contribution in [0.1, 0.15) is 12.5 Å². The average molecular weight is 310 g/mol. The third kappa shape index (κ3) is 4.19. The lowest BCUT2D eigenvalue weighted by molar-refractivity contribution is -0.134. The number of hydrogen-bond donors (Lipinski definition) is 3. The van der Waals surface area contributed by atoms with Crippen molar-refractivity contribution in [1.29, 1.82) is 0 Å². The molecule has 2 amide bonds. The quantitative estimate of drug-likeness (QED) is 0.678. The first-order valence-electron chi connectivity index (χ1n) is 7.00. The van der Waals surface area contributed by atoms with E-state index in [1.807, 2.05) is 24.3 Å². The molecule has 1 aromatic carbocycles. The normalized spacial score (nSPS) is 15.9. The highest BCUT2D eigenvalue weighted by Crippen LogP contribution is 2.28. The van der Waals surface area contributed by atoms with Gasteiger partial charge in [0.1, 0.15) is 0 Å². The minimum atomic E-state index is -0.399. The largest absolute Gasteiger partial charge is 0.355 e. The van der Waals surface area contributed by atoms with Crippen molar-refractivity contribution in [3.63, 3.8) is 0 Å². The van der Waals surface area contributed by atoms with Gasteiger partial charge in [0.15, 0.2) is 0 Å². The van der Waals surface area contributed by atoms with Crippen LogP contribution in [0.3, 0.4) is 0 Å². The molecule has 3 N–H and O–H groups in total. The molecule has 2 rings (SSSR count). The van der Waals surface area contributed by atoms with Gasteiger partial charge in [-0.3, -0.25) is 9.59 Å². The van der Waals surface area contributed by atoms with E-state index in [9.17, 15) is 9.59 Å². The van der Waals surface area contributed by atoms with Gasteiger partial charge in [-0.25, -0.2) is 0 Å². The maximum atomic E-state index is 12.4. The zero-order valence-electron chi connectivity index (χ0n) is 12.0. The summed E-state index contributed by atoms with van der Waals surface area (Å²) in [6.45, 7) is 3.69. The summed E-state index contributed by atoms with van der Waals surface area (Å²) in [5.41, 5.74) is 0.697. The molecule has 1 saturated heterocycles. The summed E-state index contributed by atoms with van der Waals surface area (Å²) in [5.74, 6) is -0.0630. The van der Waals surface area contributed by atoms with Gasteiger partial charge in [0.05, 0.1) is 5.41 Å². The van der Waals surface area contributed by atoms with Crippen LogP contribution in [0.25, 0.3) is 0 Å². The Balaban J connectivity index is 1.89. The van der Waals surface area contributed by atoms with Crippen molar-refractivity contribution >= 4 is 23.4 Å². The highest BCUT2D eigenvalue weighted by atomic mass is 35.5. The molecule has 0 atom stereocenters. The van der Waals surface area contributed by atoms with E-state index in [0.717, 1.165) is 5.56 Å². The molecule has 1 aliphatic heterocycles. The Morgan fingerprint density at radius 3 is 2.33 bits per heavy atom. The fourth-order valence-electron chi connectivity index (χ4n) is 2.39. The molecule has 0 saturated carbocycles. The number of rotatable bonds is 6. The first kappa shape index (κ1) is 15.8. The second-order valence-corrected chi connectivity index (χ2v) is 5.86. The highest BCUT2D eigenvalue weighted by molar-refractivity contribution is 6.30. The molecule has 0 aliphatic carbocycles. The van der Waals surface area contributed by atoms with E-state index < -0.39 is 5.41 Å². The van der Waals surface area contributed by atoms with Crippen LogP contribution in [0.2, 0.25) is 5.02 Å². The molecular weight excluding hydrogens is 290 g/mol. The number of hydrogen-bond acceptors (Lipinski definition) is 3. The van der Waals surface area contributed by atoms with Crippen LogP contribution < -0.4 is 16.0 Å². The van der Waals surface area contributed by atoms with Crippen molar-refractivity contribution in [2.75, 3.05) is 26.2 Å². The summed E-state index contributed by atoms with van der Waals surface area (Å²) in [6, 6.07) is 7.58. The zero-order valence-corrected chi connectivity index (χ0v) is 12.8. The predicted octanol–water partition coefficient (Wildman–Crippen LogP) is 0.724. The number of carbonyl (C=O) groups excluding carboxylic acids is 2. The van der Waals surface area contributed by atoms with Gasteiger partial charge in [-0.1, -0.05) is 23.7 Å². The second kappa shape index (κ2) is 6.91. The second-order valence-electron chi connectivity index (χ2n) is 5.43. The number of halogens is 1. The minimum absolute atomic E-state index is 0.0292. The Morgan fingerprint density at radius 2 is 1.81 bits per heavy atom. The lowest BCUT2D eigenvalue weighted by atomic mass is 9.75. The molecule has 0 spiro atoms. The fraction of sp³-hybridized carbons (Fsp3) is 0.467. The van der Waals surface area contributed by atoms with Gasteiger partial charge < -0.3 is 16.0 Å². The van der Waals surface area contributed by atoms with E-state index in [1.165, 1.54) is 6.92 Å². The van der Waals surface area contributed by atoms with Crippen molar-refractivity contribution in [1.82, 2.24) is 16.0 Å². The molecule has 6 heteroatoms. The van der Waals surface area contributed by atoms with Gasteiger partial charge >= 0.3 is 0 Å². The average Bonchev–Trinajstić information content (AvgIpc) is 2.40. The predicted molar refractivity (Wildman–Crippen MR) is 82.2 cm³/mol. The maximum absolute atomic E-state index is 12.4. The van der Waals surface area contributed by atoms with Crippen LogP contribution in [-0.4, -0.2) is 38.0 Å². The van der Waals surface area contributed by atoms with Gasteiger partial charge in [-0.2, -0.15) is 0 Å². The topological polar surface area (TPSA) is 70.2 Å². The number of carbonyl (C=O) groups is 2. The Kier molecular flexibility index (Phi) is 5.20. The molecule has 0 bridgehead atoms. The lowest BCUT2D eigenvalue weighted by Crippen LogP contribution is -2.62. The molecule has 5 nitrogen and oxygen atoms in total. The smallest absolute Gasteiger partial charge is 0.229 e. The summed E-state index contributed by atoms with van der Waals surface area (Å²) in [4.78, 5) is 23.2. The van der Waals surface area contributed by atoms with Crippen LogP contribution >= 0.6 is 11.6 Å². The first-order valence-corrected chi connectivity index (χ1v) is 7.37. The minimum Gasteiger partial charge on any atom is -0.355 e. The van der Waals surface area contributed by atoms with E-state index in [1.54, 1.807) is 0 Å². The van der Waals surface area contributed by atoms with Gasteiger partial charge in [-0.15, -0.1) is 0 Å². The van der Waals surface area contributed by atoms with E-state index in [-0.39, 0.29) is 11.8 Å². The van der Waals surface area contributed by atoms with Crippen LogP contribution in [0.4, 0.5) is 0 Å². The van der Waals surface area contributed by atoms with Gasteiger partial charge in [0.25, 0.3) is 0 Å². The van der Waals surface area contributed by atoms with Crippen molar-refractivity contribution in [2.45, 2.75) is 13.3 Å². The van der Waals surface area contributed by atoms with Crippen LogP contribution in [0.15, 0.2) is 24.3 Å². The summed E-state index contributed by atoms with van der Waals surface area (Å²) in [7, 11) is 0. The summed E-state index contributed by atoms with van der Waals surface area (Å²) < 4.78 is 0. The summed E-state index contributed by atoms with van der Waals surface area (Å²) in [5, 5.41) is 9.41. The molecule has 1 aliphatic rings. The molecular formula is C15H20ClN3O2. The van der Waals surface area contributed by atoms with Crippen molar-refractivity contribution < 1.29 is 9.59 Å². The molecule has 21 heavy (non-hydrogen) atoms. The SMILES string of the molecule is CC(=O)NCCNC(=O)C1(Cc2ccc(Cl)cc2)CNC1. The third-order valence-corrected chi connectivity index (χ3v) is 3.90. The molecule has 0 aromatic heterocycles.